The molecule has 5 heteroatoms. The Hall–Kier alpha value is -1.10. The molecule has 1 heterocycles. The molecule has 1 rings (SSSR count). The monoisotopic (exact) mass is 170 g/mol. The number of nitrogens with zero attached hydrogens (tertiary/aromatic N) is 3. The van der Waals surface area contributed by atoms with Crippen molar-refractivity contribution in [2.75, 3.05) is 12.6 Å². The van der Waals surface area contributed by atoms with Crippen LogP contribution in [0.25, 0.3) is 0 Å². The summed E-state index contributed by atoms with van der Waals surface area (Å²) in [5.41, 5.74) is 2.61. The number of anilines is 1. The highest BCUT2D eigenvalue weighted by atomic mass is 16.6. The average molecular weight is 170 g/mol. The average Bonchev–Trinajstić information content (AvgIpc) is 2.36. The topological polar surface area (TPSA) is 52.0 Å². The smallest absolute Gasteiger partial charge is 0.192 e. The summed E-state index contributed by atoms with van der Waals surface area (Å²) < 4.78 is 0. The third kappa shape index (κ3) is 2.50. The standard InChI is InChI=1S/C7H14N4O/c1-6(2)5-11-8-4-7(9-11)10-12-3/h4,6H,5H2,1-3H3,(H,9,10). The lowest BCUT2D eigenvalue weighted by atomic mass is 10.2. The van der Waals surface area contributed by atoms with Gasteiger partial charge < -0.3 is 0 Å². The summed E-state index contributed by atoms with van der Waals surface area (Å²) in [5, 5.41) is 8.15. The maximum atomic E-state index is 4.68. The van der Waals surface area contributed by atoms with Gasteiger partial charge in [0.05, 0.1) is 19.9 Å². The minimum atomic E-state index is 0.549. The second kappa shape index (κ2) is 4.06. The lowest BCUT2D eigenvalue weighted by Gasteiger charge is -2.01. The number of hydrogen-bond donors (Lipinski definition) is 1. The Kier molecular flexibility index (Phi) is 3.04. The quantitative estimate of drug-likeness (QED) is 0.682. The molecule has 68 valence electrons. The summed E-state index contributed by atoms with van der Waals surface area (Å²) in [4.78, 5) is 6.33. The van der Waals surface area contributed by atoms with Crippen LogP contribution in [0.15, 0.2) is 6.20 Å². The van der Waals surface area contributed by atoms with E-state index >= 15 is 0 Å². The zero-order valence-corrected chi connectivity index (χ0v) is 7.61. The van der Waals surface area contributed by atoms with Crippen LogP contribution in [0.5, 0.6) is 0 Å². The Balaban J connectivity index is 2.52. The third-order valence-corrected chi connectivity index (χ3v) is 1.27. The van der Waals surface area contributed by atoms with E-state index in [1.165, 1.54) is 0 Å². The Morgan fingerprint density at radius 2 is 2.42 bits per heavy atom. The second-order valence-electron chi connectivity index (χ2n) is 2.98. The van der Waals surface area contributed by atoms with E-state index in [0.717, 1.165) is 6.54 Å². The highest BCUT2D eigenvalue weighted by molar-refractivity contribution is 5.24. The van der Waals surface area contributed by atoms with Gasteiger partial charge in [0.1, 0.15) is 0 Å². The fourth-order valence-corrected chi connectivity index (χ4v) is 0.863. The van der Waals surface area contributed by atoms with E-state index < -0.39 is 0 Å². The van der Waals surface area contributed by atoms with Gasteiger partial charge in [0.2, 0.25) is 0 Å². The van der Waals surface area contributed by atoms with E-state index in [2.05, 4.69) is 34.4 Å². The normalized spacial score (nSPS) is 10.7. The molecule has 1 aromatic heterocycles. The van der Waals surface area contributed by atoms with Crippen LogP contribution in [-0.2, 0) is 11.4 Å². The molecule has 0 radical (unpaired) electrons. The van der Waals surface area contributed by atoms with Crippen molar-refractivity contribution in [3.05, 3.63) is 6.20 Å². The second-order valence-corrected chi connectivity index (χ2v) is 2.98. The van der Waals surface area contributed by atoms with E-state index in [9.17, 15) is 0 Å². The number of hydrogen-bond acceptors (Lipinski definition) is 4. The van der Waals surface area contributed by atoms with E-state index in [1.54, 1.807) is 18.1 Å². The summed E-state index contributed by atoms with van der Waals surface area (Å²) in [6, 6.07) is 0. The molecule has 12 heavy (non-hydrogen) atoms. The van der Waals surface area contributed by atoms with E-state index in [0.29, 0.717) is 11.7 Å². The van der Waals surface area contributed by atoms with Gasteiger partial charge in [0, 0.05) is 0 Å². The molecule has 0 aliphatic heterocycles. The Morgan fingerprint density at radius 1 is 1.67 bits per heavy atom. The first-order chi connectivity index (χ1) is 5.72. The van der Waals surface area contributed by atoms with Gasteiger partial charge in [0.25, 0.3) is 0 Å². The number of rotatable bonds is 4. The van der Waals surface area contributed by atoms with Crippen molar-refractivity contribution >= 4 is 5.82 Å². The maximum absolute atomic E-state index is 4.68. The van der Waals surface area contributed by atoms with Crippen LogP contribution in [0.4, 0.5) is 5.82 Å². The van der Waals surface area contributed by atoms with Crippen molar-refractivity contribution in [3.8, 4) is 0 Å². The first-order valence-electron chi connectivity index (χ1n) is 3.91. The summed E-state index contributed by atoms with van der Waals surface area (Å²) in [6.07, 6.45) is 1.63. The van der Waals surface area contributed by atoms with Crippen LogP contribution in [0.2, 0.25) is 0 Å². The van der Waals surface area contributed by atoms with Gasteiger partial charge in [-0.25, -0.2) is 5.48 Å². The predicted octanol–water partition coefficient (Wildman–Crippen LogP) is 0.907. The zero-order chi connectivity index (χ0) is 8.97. The third-order valence-electron chi connectivity index (χ3n) is 1.27. The van der Waals surface area contributed by atoms with Crippen LogP contribution in [0.1, 0.15) is 13.8 Å². The van der Waals surface area contributed by atoms with E-state index in [1.807, 2.05) is 0 Å². The van der Waals surface area contributed by atoms with Crippen molar-refractivity contribution in [2.24, 2.45) is 5.92 Å². The molecular formula is C7H14N4O. The lowest BCUT2D eigenvalue weighted by molar-refractivity contribution is 0.268. The molecule has 0 amide bonds. The van der Waals surface area contributed by atoms with Gasteiger partial charge in [-0.15, -0.1) is 5.10 Å². The molecule has 0 aliphatic carbocycles. The number of aromatic nitrogens is 3. The zero-order valence-electron chi connectivity index (χ0n) is 7.61. The van der Waals surface area contributed by atoms with Crippen molar-refractivity contribution in [3.63, 3.8) is 0 Å². The molecular weight excluding hydrogens is 156 g/mol. The highest BCUT2D eigenvalue weighted by Gasteiger charge is 2.00. The lowest BCUT2D eigenvalue weighted by Crippen LogP contribution is -2.08. The molecule has 1 aromatic rings. The highest BCUT2D eigenvalue weighted by Crippen LogP contribution is 2.01. The van der Waals surface area contributed by atoms with Gasteiger partial charge in [-0.05, 0) is 5.92 Å². The van der Waals surface area contributed by atoms with Crippen molar-refractivity contribution in [2.45, 2.75) is 20.4 Å². The molecule has 0 atom stereocenters. The van der Waals surface area contributed by atoms with Crippen LogP contribution in [-0.4, -0.2) is 22.1 Å². The first kappa shape index (κ1) is 8.99. The molecule has 0 aromatic carbocycles. The summed E-state index contributed by atoms with van der Waals surface area (Å²) >= 11 is 0. The fourth-order valence-electron chi connectivity index (χ4n) is 0.863. The van der Waals surface area contributed by atoms with Crippen LogP contribution in [0, 0.1) is 5.92 Å². The fraction of sp³-hybridized carbons (Fsp3) is 0.714. The minimum absolute atomic E-state index is 0.549. The maximum Gasteiger partial charge on any atom is 0.192 e. The van der Waals surface area contributed by atoms with E-state index in [-0.39, 0.29) is 0 Å². The molecule has 5 nitrogen and oxygen atoms in total. The molecule has 0 saturated heterocycles. The predicted molar refractivity (Wildman–Crippen MR) is 45.5 cm³/mol. The molecule has 0 spiro atoms. The van der Waals surface area contributed by atoms with Gasteiger partial charge in [-0.1, -0.05) is 13.8 Å². The summed E-state index contributed by atoms with van der Waals surface area (Å²) in [6.45, 7) is 5.06. The number of nitrogens with one attached hydrogen (secondary N) is 1. The Morgan fingerprint density at radius 3 is 3.00 bits per heavy atom. The Bertz CT molecular complexity index is 233. The van der Waals surface area contributed by atoms with Crippen molar-refractivity contribution in [1.29, 1.82) is 0 Å². The SMILES string of the molecule is CONc1cnn(CC(C)C)n1. The summed E-state index contributed by atoms with van der Waals surface area (Å²) in [7, 11) is 1.54. The largest absolute Gasteiger partial charge is 0.278 e. The van der Waals surface area contributed by atoms with Crippen molar-refractivity contribution in [1.82, 2.24) is 15.0 Å². The van der Waals surface area contributed by atoms with Crippen molar-refractivity contribution < 1.29 is 4.84 Å². The first-order valence-corrected chi connectivity index (χ1v) is 3.91. The molecule has 0 saturated carbocycles. The van der Waals surface area contributed by atoms with Crippen LogP contribution >= 0.6 is 0 Å². The molecule has 0 unspecified atom stereocenters. The van der Waals surface area contributed by atoms with Gasteiger partial charge >= 0.3 is 0 Å². The van der Waals surface area contributed by atoms with Crippen LogP contribution in [0.3, 0.4) is 0 Å². The van der Waals surface area contributed by atoms with Gasteiger partial charge in [0.15, 0.2) is 5.82 Å². The van der Waals surface area contributed by atoms with E-state index in [4.69, 9.17) is 0 Å². The Labute approximate surface area is 71.7 Å². The minimum Gasteiger partial charge on any atom is -0.278 e. The molecule has 0 bridgehead atoms. The molecule has 0 fully saturated rings. The summed E-state index contributed by atoms with van der Waals surface area (Å²) in [5.74, 6) is 1.19. The van der Waals surface area contributed by atoms with Gasteiger partial charge in [-0.3, -0.25) is 4.84 Å². The molecule has 0 aliphatic rings. The molecule has 1 N–H and O–H groups in total. The van der Waals surface area contributed by atoms with Gasteiger partial charge in [-0.2, -0.15) is 9.90 Å². The van der Waals surface area contributed by atoms with Crippen LogP contribution < -0.4 is 5.48 Å².